The maximum atomic E-state index is 13.1. The second-order valence-corrected chi connectivity index (χ2v) is 5.98. The van der Waals surface area contributed by atoms with Gasteiger partial charge in [-0.3, -0.25) is 4.79 Å². The highest BCUT2D eigenvalue weighted by Crippen LogP contribution is 2.50. The van der Waals surface area contributed by atoms with Crippen LogP contribution < -0.4 is 10.1 Å². The molecule has 1 aliphatic heterocycles. The van der Waals surface area contributed by atoms with Crippen LogP contribution in [0.5, 0.6) is 5.75 Å². The highest BCUT2D eigenvalue weighted by Gasteiger charge is 2.50. The molecule has 1 heterocycles. The van der Waals surface area contributed by atoms with Crippen molar-refractivity contribution >= 4 is 23.2 Å². The van der Waals surface area contributed by atoms with Crippen molar-refractivity contribution in [3.05, 3.63) is 59.2 Å². The summed E-state index contributed by atoms with van der Waals surface area (Å²) in [5.41, 5.74) is -1.67. The Balaban J connectivity index is 2.06. The van der Waals surface area contributed by atoms with E-state index < -0.39 is 40.3 Å². The molecule has 26 heavy (non-hydrogen) atoms. The molecule has 2 aromatic carbocycles. The molecule has 1 N–H and O–H groups in total. The number of halogens is 7. The molecule has 0 bridgehead atoms. The highest BCUT2D eigenvalue weighted by atomic mass is 35.5. The topological polar surface area (TPSA) is 38.3 Å². The van der Waals surface area contributed by atoms with Gasteiger partial charge in [-0.15, -0.1) is 13.2 Å². The van der Waals surface area contributed by atoms with Crippen LogP contribution in [0.25, 0.3) is 0 Å². The molecule has 0 saturated carbocycles. The number of anilines is 1. The molecule has 1 aliphatic rings. The minimum Gasteiger partial charge on any atom is -0.406 e. The van der Waals surface area contributed by atoms with Gasteiger partial charge < -0.3 is 10.1 Å². The standard InChI is InChI=1S/C16H8ClF6NO2/c17-14(8-4-6-9(7-5-8)26-16(21,22)23)10-2-1-3-11(15(18,19)20)12(10)24-13(14)25/h1-7H,(H,24,25). The van der Waals surface area contributed by atoms with Gasteiger partial charge in [0, 0.05) is 5.56 Å². The number of benzene rings is 2. The van der Waals surface area contributed by atoms with Gasteiger partial charge in [0.05, 0.1) is 11.3 Å². The molecule has 1 atom stereocenters. The third-order valence-corrected chi connectivity index (χ3v) is 4.37. The number of carbonyl (C=O) groups excluding carboxylic acids is 1. The monoisotopic (exact) mass is 395 g/mol. The summed E-state index contributed by atoms with van der Waals surface area (Å²) >= 11 is 6.34. The zero-order valence-corrected chi connectivity index (χ0v) is 13.3. The van der Waals surface area contributed by atoms with E-state index in [-0.39, 0.29) is 11.1 Å². The number of nitrogens with one attached hydrogen (secondary N) is 1. The third kappa shape index (κ3) is 3.07. The Labute approximate surface area is 147 Å². The van der Waals surface area contributed by atoms with Crippen LogP contribution in [-0.2, 0) is 15.8 Å². The summed E-state index contributed by atoms with van der Waals surface area (Å²) in [4.78, 5) is 10.3. The molecule has 10 heteroatoms. The lowest BCUT2D eigenvalue weighted by Crippen LogP contribution is -2.29. The van der Waals surface area contributed by atoms with Gasteiger partial charge in [-0.2, -0.15) is 13.2 Å². The first-order valence-corrected chi connectivity index (χ1v) is 7.38. The Hall–Kier alpha value is -2.42. The van der Waals surface area contributed by atoms with Gasteiger partial charge >= 0.3 is 12.5 Å². The SMILES string of the molecule is O=C1Nc2c(C(F)(F)F)cccc2C1(Cl)c1ccc(OC(F)(F)F)cc1. The van der Waals surface area contributed by atoms with Crippen LogP contribution in [0.1, 0.15) is 16.7 Å². The highest BCUT2D eigenvalue weighted by molar-refractivity contribution is 6.41. The molecular weight excluding hydrogens is 388 g/mol. The van der Waals surface area contributed by atoms with E-state index in [0.717, 1.165) is 36.4 Å². The molecule has 1 amide bonds. The van der Waals surface area contributed by atoms with Crippen LogP contribution in [0.3, 0.4) is 0 Å². The van der Waals surface area contributed by atoms with Crippen molar-refractivity contribution in [2.45, 2.75) is 17.4 Å². The number of amides is 1. The Bertz CT molecular complexity index is 863. The first-order chi connectivity index (χ1) is 11.9. The summed E-state index contributed by atoms with van der Waals surface area (Å²) in [6.45, 7) is 0. The van der Waals surface area contributed by atoms with Crippen molar-refractivity contribution in [3.8, 4) is 5.75 Å². The minimum absolute atomic E-state index is 0.00395. The normalized spacial score (nSPS) is 19.9. The van der Waals surface area contributed by atoms with E-state index in [0.29, 0.717) is 0 Å². The predicted octanol–water partition coefficient (Wildman–Crippen LogP) is 5.04. The first-order valence-electron chi connectivity index (χ1n) is 7.00. The number of hydrogen-bond donors (Lipinski definition) is 1. The van der Waals surface area contributed by atoms with Gasteiger partial charge in [-0.05, 0) is 23.8 Å². The fourth-order valence-electron chi connectivity index (χ4n) is 2.71. The lowest BCUT2D eigenvalue weighted by atomic mass is 9.90. The van der Waals surface area contributed by atoms with Gasteiger partial charge in [0.15, 0.2) is 4.87 Å². The van der Waals surface area contributed by atoms with E-state index in [4.69, 9.17) is 11.6 Å². The van der Waals surface area contributed by atoms with E-state index in [9.17, 15) is 31.1 Å². The zero-order valence-electron chi connectivity index (χ0n) is 12.5. The van der Waals surface area contributed by atoms with Gasteiger partial charge in [-0.1, -0.05) is 35.9 Å². The Kier molecular flexibility index (Phi) is 4.10. The van der Waals surface area contributed by atoms with Crippen molar-refractivity contribution in [2.75, 3.05) is 5.32 Å². The largest absolute Gasteiger partial charge is 0.573 e. The molecule has 138 valence electrons. The van der Waals surface area contributed by atoms with Gasteiger partial charge in [0.25, 0.3) is 5.91 Å². The second kappa shape index (κ2) is 5.80. The third-order valence-electron chi connectivity index (χ3n) is 3.78. The zero-order chi connectivity index (χ0) is 19.3. The van der Waals surface area contributed by atoms with Crippen molar-refractivity contribution in [1.82, 2.24) is 0 Å². The van der Waals surface area contributed by atoms with E-state index in [1.165, 1.54) is 6.07 Å². The summed E-state index contributed by atoms with van der Waals surface area (Å²) < 4.78 is 79.7. The molecule has 1 unspecified atom stereocenters. The average molecular weight is 396 g/mol. The van der Waals surface area contributed by atoms with Crippen LogP contribution >= 0.6 is 11.6 Å². The van der Waals surface area contributed by atoms with Crippen LogP contribution in [0.2, 0.25) is 0 Å². The van der Waals surface area contributed by atoms with E-state index >= 15 is 0 Å². The maximum Gasteiger partial charge on any atom is 0.573 e. The quantitative estimate of drug-likeness (QED) is 0.571. The van der Waals surface area contributed by atoms with Crippen LogP contribution in [0.15, 0.2) is 42.5 Å². The van der Waals surface area contributed by atoms with Crippen LogP contribution in [0, 0.1) is 0 Å². The number of ether oxygens (including phenoxy) is 1. The maximum absolute atomic E-state index is 13.1. The smallest absolute Gasteiger partial charge is 0.406 e. The van der Waals surface area contributed by atoms with E-state index in [1.54, 1.807) is 0 Å². The average Bonchev–Trinajstić information content (AvgIpc) is 2.78. The predicted molar refractivity (Wildman–Crippen MR) is 79.8 cm³/mol. The molecule has 0 spiro atoms. The molecule has 0 aliphatic carbocycles. The molecule has 3 rings (SSSR count). The lowest BCUT2D eigenvalue weighted by molar-refractivity contribution is -0.274. The minimum atomic E-state index is -4.90. The molecule has 0 radical (unpaired) electrons. The number of para-hydroxylation sites is 1. The Morgan fingerprint density at radius 3 is 2.12 bits per heavy atom. The van der Waals surface area contributed by atoms with Gasteiger partial charge in [-0.25, -0.2) is 0 Å². The number of fused-ring (bicyclic) bond motifs is 1. The van der Waals surface area contributed by atoms with Crippen molar-refractivity contribution in [1.29, 1.82) is 0 Å². The van der Waals surface area contributed by atoms with Crippen LogP contribution in [0.4, 0.5) is 32.0 Å². The summed E-state index contributed by atoms with van der Waals surface area (Å²) in [5, 5.41) is 2.11. The molecule has 2 aromatic rings. The molecule has 0 fully saturated rings. The summed E-state index contributed by atoms with van der Waals surface area (Å²) in [5.74, 6) is -1.49. The second-order valence-electron chi connectivity index (χ2n) is 5.41. The van der Waals surface area contributed by atoms with Crippen LogP contribution in [-0.4, -0.2) is 12.3 Å². The van der Waals surface area contributed by atoms with Crippen molar-refractivity contribution in [3.63, 3.8) is 0 Å². The Morgan fingerprint density at radius 2 is 1.58 bits per heavy atom. The number of hydrogen-bond acceptors (Lipinski definition) is 2. The lowest BCUT2D eigenvalue weighted by Gasteiger charge is -2.21. The molecule has 3 nitrogen and oxygen atoms in total. The van der Waals surface area contributed by atoms with E-state index in [2.05, 4.69) is 10.1 Å². The van der Waals surface area contributed by atoms with Gasteiger partial charge in [0.1, 0.15) is 5.75 Å². The van der Waals surface area contributed by atoms with Crippen molar-refractivity contribution < 1.29 is 35.9 Å². The van der Waals surface area contributed by atoms with Gasteiger partial charge in [0.2, 0.25) is 0 Å². The fourth-order valence-corrected chi connectivity index (χ4v) is 3.04. The number of rotatable bonds is 2. The fraction of sp³-hybridized carbons (Fsp3) is 0.188. The summed E-state index contributed by atoms with van der Waals surface area (Å²) in [6.07, 6.45) is -9.62. The van der Waals surface area contributed by atoms with E-state index in [1.807, 2.05) is 0 Å². The van der Waals surface area contributed by atoms with Crippen molar-refractivity contribution in [2.24, 2.45) is 0 Å². The molecule has 0 aromatic heterocycles. The number of alkyl halides is 7. The number of carbonyl (C=O) groups is 1. The molecular formula is C16H8ClF6NO2. The first kappa shape index (κ1) is 18.4. The summed E-state index contributed by atoms with van der Waals surface area (Å²) in [6, 6.07) is 7.15. The Morgan fingerprint density at radius 1 is 0.962 bits per heavy atom. The molecule has 0 saturated heterocycles. The summed E-state index contributed by atoms with van der Waals surface area (Å²) in [7, 11) is 0.